The zero-order valence-corrected chi connectivity index (χ0v) is 15.2. The molecule has 0 bridgehead atoms. The smallest absolute Gasteiger partial charge is 0.0796 e. The highest BCUT2D eigenvalue weighted by atomic mass is 32.1. The highest BCUT2D eigenvalue weighted by Gasteiger charge is 2.22. The van der Waals surface area contributed by atoms with Crippen molar-refractivity contribution in [2.45, 2.75) is 71.3 Å². The third kappa shape index (κ3) is 4.17. The molecule has 0 aliphatic heterocycles. The van der Waals surface area contributed by atoms with Gasteiger partial charge in [-0.05, 0) is 30.9 Å². The molecule has 0 amide bonds. The van der Waals surface area contributed by atoms with Gasteiger partial charge in [0.25, 0.3) is 0 Å². The molecular formula is C20H29NS. The summed E-state index contributed by atoms with van der Waals surface area (Å²) in [5, 5.41) is 0. The molecule has 1 aromatic heterocycles. The Hall–Kier alpha value is -1.20. The van der Waals surface area contributed by atoms with Crippen LogP contribution in [0, 0.1) is 11.8 Å². The Balaban J connectivity index is 2.29. The summed E-state index contributed by atoms with van der Waals surface area (Å²) in [6.07, 6.45) is 9.92. The summed E-state index contributed by atoms with van der Waals surface area (Å²) in [6.45, 7) is 8.66. The van der Waals surface area contributed by atoms with Crippen LogP contribution >= 0.6 is 11.3 Å². The third-order valence-electron chi connectivity index (χ3n) is 4.48. The van der Waals surface area contributed by atoms with Gasteiger partial charge < -0.3 is 4.90 Å². The van der Waals surface area contributed by atoms with Crippen LogP contribution in [-0.4, -0.2) is 13.1 Å². The summed E-state index contributed by atoms with van der Waals surface area (Å²) < 4.78 is 0. The number of hydrogen-bond donors (Lipinski definition) is 0. The van der Waals surface area contributed by atoms with Gasteiger partial charge in [-0.2, -0.15) is 0 Å². The van der Waals surface area contributed by atoms with Crippen molar-refractivity contribution in [2.75, 3.05) is 11.9 Å². The monoisotopic (exact) mass is 315 g/mol. The molecule has 0 spiro atoms. The van der Waals surface area contributed by atoms with Crippen LogP contribution in [0.15, 0.2) is 12.6 Å². The van der Waals surface area contributed by atoms with Gasteiger partial charge in [0.15, 0.2) is 0 Å². The van der Waals surface area contributed by atoms with Crippen molar-refractivity contribution >= 4 is 22.6 Å². The van der Waals surface area contributed by atoms with E-state index in [1.807, 2.05) is 11.3 Å². The Morgan fingerprint density at radius 3 is 2.68 bits per heavy atom. The maximum absolute atomic E-state index is 4.33. The molecule has 0 saturated heterocycles. The fourth-order valence-electron chi connectivity index (χ4n) is 3.21. The summed E-state index contributed by atoms with van der Waals surface area (Å²) in [4.78, 5) is 5.05. The lowest BCUT2D eigenvalue weighted by Gasteiger charge is -2.33. The standard InChI is InChI=1S/C20H29NS/c1-5-7-14-18-15-19(20(22-18)16(3)11-6-2)21(4)17-12-9-8-10-13-17/h15,17H,3,5-6,8-13H2,1-2,4H3. The van der Waals surface area contributed by atoms with Gasteiger partial charge in [0.2, 0.25) is 0 Å². The first-order valence-corrected chi connectivity index (χ1v) is 9.52. The van der Waals surface area contributed by atoms with Crippen molar-refractivity contribution in [1.29, 1.82) is 0 Å². The number of nitrogens with zero attached hydrogens (tertiary/aromatic N) is 1. The number of anilines is 1. The van der Waals surface area contributed by atoms with E-state index >= 15 is 0 Å². The molecule has 2 rings (SSSR count). The van der Waals surface area contributed by atoms with E-state index in [1.165, 1.54) is 53.1 Å². The first-order chi connectivity index (χ1) is 10.7. The predicted octanol–water partition coefficient (Wildman–Crippen LogP) is 6.09. The number of hydrogen-bond acceptors (Lipinski definition) is 2. The molecule has 0 unspecified atom stereocenters. The summed E-state index contributed by atoms with van der Waals surface area (Å²) >= 11 is 1.83. The Labute approximate surface area is 140 Å². The molecule has 0 radical (unpaired) electrons. The van der Waals surface area contributed by atoms with Crippen molar-refractivity contribution in [3.63, 3.8) is 0 Å². The fraction of sp³-hybridized carbons (Fsp3) is 0.600. The molecule has 1 saturated carbocycles. The zero-order valence-electron chi connectivity index (χ0n) is 14.4. The predicted molar refractivity (Wildman–Crippen MR) is 101 cm³/mol. The van der Waals surface area contributed by atoms with Crippen LogP contribution in [0.4, 0.5) is 5.69 Å². The van der Waals surface area contributed by atoms with Crippen molar-refractivity contribution in [2.24, 2.45) is 0 Å². The summed E-state index contributed by atoms with van der Waals surface area (Å²) in [5.74, 6) is 6.52. The molecule has 1 fully saturated rings. The highest BCUT2D eigenvalue weighted by Crippen LogP contribution is 2.38. The maximum atomic E-state index is 4.33. The van der Waals surface area contributed by atoms with Gasteiger partial charge in [0.1, 0.15) is 0 Å². The van der Waals surface area contributed by atoms with E-state index in [-0.39, 0.29) is 0 Å². The molecule has 1 aliphatic rings. The molecular weight excluding hydrogens is 286 g/mol. The first kappa shape index (κ1) is 17.2. The van der Waals surface area contributed by atoms with Crippen LogP contribution in [0.1, 0.15) is 75.0 Å². The van der Waals surface area contributed by atoms with Crippen molar-refractivity contribution in [1.82, 2.24) is 0 Å². The second kappa shape index (κ2) is 8.44. The highest BCUT2D eigenvalue weighted by molar-refractivity contribution is 7.14. The van der Waals surface area contributed by atoms with Crippen LogP contribution in [0.5, 0.6) is 0 Å². The van der Waals surface area contributed by atoms with E-state index in [9.17, 15) is 0 Å². The number of rotatable bonds is 5. The van der Waals surface area contributed by atoms with E-state index in [4.69, 9.17) is 0 Å². The van der Waals surface area contributed by atoms with Crippen molar-refractivity contribution in [3.8, 4) is 11.8 Å². The second-order valence-electron chi connectivity index (χ2n) is 6.24. The molecule has 2 heteroatoms. The molecule has 1 nitrogen and oxygen atoms in total. The minimum absolute atomic E-state index is 0.684. The van der Waals surface area contributed by atoms with Crippen molar-refractivity contribution < 1.29 is 0 Å². The molecule has 1 aliphatic carbocycles. The normalized spacial score (nSPS) is 15.2. The number of allylic oxidation sites excluding steroid dienone is 1. The Kier molecular flexibility index (Phi) is 6.58. The van der Waals surface area contributed by atoms with Gasteiger partial charge in [-0.15, -0.1) is 11.3 Å². The van der Waals surface area contributed by atoms with Crippen LogP contribution in [-0.2, 0) is 0 Å². The first-order valence-electron chi connectivity index (χ1n) is 8.71. The lowest BCUT2D eigenvalue weighted by atomic mass is 9.94. The molecule has 0 N–H and O–H groups in total. The van der Waals surface area contributed by atoms with Gasteiger partial charge in [-0.25, -0.2) is 0 Å². The van der Waals surface area contributed by atoms with E-state index in [0.29, 0.717) is 6.04 Å². The molecule has 1 heterocycles. The molecule has 0 atom stereocenters. The average Bonchev–Trinajstić information content (AvgIpc) is 2.97. The zero-order chi connectivity index (χ0) is 15.9. The van der Waals surface area contributed by atoms with Crippen LogP contribution in [0.2, 0.25) is 0 Å². The van der Waals surface area contributed by atoms with Gasteiger partial charge >= 0.3 is 0 Å². The minimum atomic E-state index is 0.684. The Morgan fingerprint density at radius 2 is 2.05 bits per heavy atom. The Morgan fingerprint density at radius 1 is 1.32 bits per heavy atom. The Bertz CT molecular complexity index is 552. The summed E-state index contributed by atoms with van der Waals surface area (Å²) in [6, 6.07) is 2.97. The summed E-state index contributed by atoms with van der Waals surface area (Å²) in [7, 11) is 2.26. The quantitative estimate of drug-likeness (QED) is 0.594. The van der Waals surface area contributed by atoms with Crippen LogP contribution < -0.4 is 4.90 Å². The largest absolute Gasteiger partial charge is 0.370 e. The second-order valence-corrected chi connectivity index (χ2v) is 7.29. The van der Waals surface area contributed by atoms with Gasteiger partial charge in [0.05, 0.1) is 15.4 Å². The average molecular weight is 316 g/mol. The molecule has 0 aromatic carbocycles. The lowest BCUT2D eigenvalue weighted by molar-refractivity contribution is 0.427. The van der Waals surface area contributed by atoms with Crippen LogP contribution in [0.3, 0.4) is 0 Å². The van der Waals surface area contributed by atoms with E-state index in [2.05, 4.69) is 50.3 Å². The lowest BCUT2D eigenvalue weighted by Crippen LogP contribution is -2.33. The topological polar surface area (TPSA) is 3.24 Å². The fourth-order valence-corrected chi connectivity index (χ4v) is 4.28. The van der Waals surface area contributed by atoms with Crippen molar-refractivity contribution in [3.05, 3.63) is 22.4 Å². The summed E-state index contributed by atoms with van der Waals surface area (Å²) in [5.41, 5.74) is 2.63. The third-order valence-corrected chi connectivity index (χ3v) is 5.62. The molecule has 120 valence electrons. The van der Waals surface area contributed by atoms with Crippen LogP contribution in [0.25, 0.3) is 5.57 Å². The van der Waals surface area contributed by atoms with Gasteiger partial charge in [-0.1, -0.05) is 58.0 Å². The van der Waals surface area contributed by atoms with Gasteiger partial charge in [-0.3, -0.25) is 0 Å². The van der Waals surface area contributed by atoms with Gasteiger partial charge in [0, 0.05) is 19.5 Å². The molecule has 1 aromatic rings. The minimum Gasteiger partial charge on any atom is -0.370 e. The van der Waals surface area contributed by atoms with E-state index in [1.54, 1.807) is 0 Å². The van der Waals surface area contributed by atoms with E-state index < -0.39 is 0 Å². The molecule has 22 heavy (non-hydrogen) atoms. The van der Waals surface area contributed by atoms with E-state index in [0.717, 1.165) is 19.3 Å². The SMILES string of the molecule is C=C(CCC)c1sc(C#CCC)cc1N(C)C1CCCCC1. The number of thiophene rings is 1. The maximum Gasteiger partial charge on any atom is 0.0796 e.